The highest BCUT2D eigenvalue weighted by molar-refractivity contribution is 6.01. The molecule has 29 heavy (non-hydrogen) atoms. The Balaban J connectivity index is 1.86. The van der Waals surface area contributed by atoms with Gasteiger partial charge in [-0.3, -0.25) is 0 Å². The lowest BCUT2D eigenvalue weighted by atomic mass is 10.2. The fourth-order valence-electron chi connectivity index (χ4n) is 3.43. The Morgan fingerprint density at radius 1 is 0.828 bits per heavy atom. The van der Waals surface area contributed by atoms with Gasteiger partial charge in [0.25, 0.3) is 0 Å². The zero-order chi connectivity index (χ0) is 19.8. The van der Waals surface area contributed by atoms with Gasteiger partial charge in [0.15, 0.2) is 0 Å². The molecule has 0 saturated carbocycles. The zero-order valence-corrected chi connectivity index (χ0v) is 15.8. The first-order valence-corrected chi connectivity index (χ1v) is 9.42. The van der Waals surface area contributed by atoms with Crippen molar-refractivity contribution < 1.29 is 9.53 Å². The van der Waals surface area contributed by atoms with Crippen molar-refractivity contribution in [1.82, 2.24) is 19.9 Å². The Hall–Kier alpha value is -3.93. The number of hydrogen-bond acceptors (Lipinski definition) is 4. The maximum Gasteiger partial charge on any atom is 0.342 e. The highest BCUT2D eigenvalue weighted by Crippen LogP contribution is 2.21. The van der Waals surface area contributed by atoms with E-state index in [4.69, 9.17) is 4.74 Å². The van der Waals surface area contributed by atoms with Crippen molar-refractivity contribution in [2.45, 2.75) is 6.92 Å². The van der Waals surface area contributed by atoms with Crippen LogP contribution in [0.2, 0.25) is 0 Å². The minimum Gasteiger partial charge on any atom is -0.462 e. The van der Waals surface area contributed by atoms with Gasteiger partial charge in [0.1, 0.15) is 5.56 Å². The Morgan fingerprint density at radius 2 is 1.41 bits per heavy atom. The summed E-state index contributed by atoms with van der Waals surface area (Å²) in [5, 5.41) is 0. The average molecular weight is 382 g/mol. The van der Waals surface area contributed by atoms with Crippen LogP contribution in [0.5, 0.6) is 0 Å². The summed E-state index contributed by atoms with van der Waals surface area (Å²) in [6, 6.07) is 13.6. The highest BCUT2D eigenvalue weighted by atomic mass is 16.5. The summed E-state index contributed by atoms with van der Waals surface area (Å²) >= 11 is 0. The SMILES string of the molecule is CCOC(=O)c1c2nc(cc3ccc(cc4nc(cc5ccc1[nH]5)C=C4)[nH]3)C=C2. The maximum atomic E-state index is 12.7. The van der Waals surface area contributed by atoms with Crippen molar-refractivity contribution in [3.05, 3.63) is 70.8 Å². The number of carbonyl (C=O) groups is 1. The summed E-state index contributed by atoms with van der Waals surface area (Å²) in [6.07, 6.45) is 7.65. The summed E-state index contributed by atoms with van der Waals surface area (Å²) in [5.41, 5.74) is 6.84. The number of ether oxygens (including phenoxy) is 1. The molecule has 3 aromatic rings. The van der Waals surface area contributed by atoms with Gasteiger partial charge in [-0.25, -0.2) is 14.8 Å². The van der Waals surface area contributed by atoms with Crippen LogP contribution in [0.3, 0.4) is 0 Å². The molecule has 0 aromatic carbocycles. The molecule has 0 spiro atoms. The van der Waals surface area contributed by atoms with Crippen LogP contribution in [-0.2, 0) is 4.74 Å². The second kappa shape index (κ2) is 6.91. The van der Waals surface area contributed by atoms with Gasteiger partial charge in [-0.1, -0.05) is 0 Å². The molecule has 0 aliphatic carbocycles. The van der Waals surface area contributed by atoms with E-state index in [1.807, 2.05) is 66.8 Å². The van der Waals surface area contributed by atoms with Crippen molar-refractivity contribution >= 4 is 52.3 Å². The monoisotopic (exact) mass is 382 g/mol. The molecule has 0 amide bonds. The molecule has 2 N–H and O–H groups in total. The van der Waals surface area contributed by atoms with Crippen LogP contribution in [0.1, 0.15) is 40.1 Å². The van der Waals surface area contributed by atoms with Crippen molar-refractivity contribution in [3.8, 4) is 0 Å². The molecule has 6 heteroatoms. The first kappa shape index (κ1) is 17.2. The molecule has 5 heterocycles. The first-order chi connectivity index (χ1) is 14.2. The molecule has 0 fully saturated rings. The molecule has 2 aliphatic heterocycles. The molecular weight excluding hydrogens is 364 g/mol. The largest absolute Gasteiger partial charge is 0.462 e. The van der Waals surface area contributed by atoms with E-state index in [0.717, 1.165) is 33.6 Å². The number of hydrogen-bond donors (Lipinski definition) is 2. The molecular formula is C23H18N4O2. The Morgan fingerprint density at radius 3 is 2.10 bits per heavy atom. The van der Waals surface area contributed by atoms with Gasteiger partial charge in [0, 0.05) is 16.6 Å². The summed E-state index contributed by atoms with van der Waals surface area (Å²) in [5.74, 6) is -0.405. The molecule has 2 aliphatic rings. The molecule has 8 bridgehead atoms. The van der Waals surface area contributed by atoms with Crippen molar-refractivity contribution in [3.63, 3.8) is 0 Å². The summed E-state index contributed by atoms with van der Waals surface area (Å²) in [6.45, 7) is 2.09. The molecule has 0 radical (unpaired) electrons. The summed E-state index contributed by atoms with van der Waals surface area (Å²) in [4.78, 5) is 28.6. The van der Waals surface area contributed by atoms with Crippen LogP contribution in [-0.4, -0.2) is 32.5 Å². The van der Waals surface area contributed by atoms with Gasteiger partial charge >= 0.3 is 5.97 Å². The van der Waals surface area contributed by atoms with Gasteiger partial charge in [0.2, 0.25) is 0 Å². The van der Waals surface area contributed by atoms with E-state index < -0.39 is 5.97 Å². The molecule has 0 atom stereocenters. The van der Waals surface area contributed by atoms with E-state index in [1.165, 1.54) is 0 Å². The number of esters is 1. The number of carbonyl (C=O) groups excluding carboxylic acids is 1. The van der Waals surface area contributed by atoms with Crippen LogP contribution in [0.25, 0.3) is 46.4 Å². The second-order valence-electron chi connectivity index (χ2n) is 6.77. The Kier molecular flexibility index (Phi) is 4.09. The quantitative estimate of drug-likeness (QED) is 0.428. The van der Waals surface area contributed by atoms with E-state index >= 15 is 0 Å². The average Bonchev–Trinajstić information content (AvgIpc) is 3.47. The highest BCUT2D eigenvalue weighted by Gasteiger charge is 2.16. The fraction of sp³-hybridized carbons (Fsp3) is 0.0870. The van der Waals surface area contributed by atoms with Gasteiger partial charge < -0.3 is 14.7 Å². The third-order valence-corrected chi connectivity index (χ3v) is 4.70. The summed E-state index contributed by atoms with van der Waals surface area (Å²) in [7, 11) is 0. The second-order valence-corrected chi connectivity index (χ2v) is 6.77. The van der Waals surface area contributed by atoms with Gasteiger partial charge in [-0.15, -0.1) is 0 Å². The van der Waals surface area contributed by atoms with E-state index in [2.05, 4.69) is 19.9 Å². The smallest absolute Gasteiger partial charge is 0.342 e. The number of rotatable bonds is 2. The predicted octanol–water partition coefficient (Wildman–Crippen LogP) is 4.83. The van der Waals surface area contributed by atoms with Crippen LogP contribution in [0.4, 0.5) is 0 Å². The minimum absolute atomic E-state index is 0.295. The number of aromatic nitrogens is 4. The molecule has 142 valence electrons. The third kappa shape index (κ3) is 3.36. The normalized spacial score (nSPS) is 12.3. The minimum atomic E-state index is -0.405. The molecule has 3 aromatic heterocycles. The van der Waals surface area contributed by atoms with Gasteiger partial charge in [-0.2, -0.15) is 0 Å². The number of aromatic amines is 2. The lowest BCUT2D eigenvalue weighted by Crippen LogP contribution is -2.07. The van der Waals surface area contributed by atoms with Crippen LogP contribution in [0, 0.1) is 0 Å². The Labute approximate surface area is 166 Å². The summed E-state index contributed by atoms with van der Waals surface area (Å²) < 4.78 is 5.29. The number of nitrogens with one attached hydrogen (secondary N) is 2. The number of nitrogens with zero attached hydrogens (tertiary/aromatic N) is 2. The zero-order valence-electron chi connectivity index (χ0n) is 15.8. The van der Waals surface area contributed by atoms with Crippen LogP contribution in [0.15, 0.2) is 42.5 Å². The van der Waals surface area contributed by atoms with Crippen molar-refractivity contribution in [2.75, 3.05) is 6.61 Å². The van der Waals surface area contributed by atoms with E-state index in [0.29, 0.717) is 23.4 Å². The molecule has 0 saturated heterocycles. The lowest BCUT2D eigenvalue weighted by Gasteiger charge is -2.02. The Bertz CT molecular complexity index is 1340. The number of H-pyrrole nitrogens is 2. The molecule has 5 rings (SSSR count). The van der Waals surface area contributed by atoms with Crippen molar-refractivity contribution in [2.24, 2.45) is 0 Å². The van der Waals surface area contributed by atoms with Gasteiger partial charge in [0.05, 0.1) is 34.9 Å². The maximum absolute atomic E-state index is 12.7. The molecule has 6 nitrogen and oxygen atoms in total. The van der Waals surface area contributed by atoms with E-state index in [9.17, 15) is 4.79 Å². The van der Waals surface area contributed by atoms with E-state index in [1.54, 1.807) is 6.92 Å². The molecule has 0 unspecified atom stereocenters. The van der Waals surface area contributed by atoms with Gasteiger partial charge in [-0.05, 0) is 73.7 Å². The standard InChI is InChI=1S/C23H18N4O2/c1-2-29-23(28)22-20-9-7-18(26-20)12-16-5-3-14(24-16)11-15-4-6-17(25-15)13-19-8-10-21(22)27-19/h3-13,24,27H,2H2,1H3. The first-order valence-electron chi connectivity index (χ1n) is 9.42. The fourth-order valence-corrected chi connectivity index (χ4v) is 3.43. The van der Waals surface area contributed by atoms with E-state index in [-0.39, 0.29) is 0 Å². The van der Waals surface area contributed by atoms with Crippen molar-refractivity contribution in [1.29, 1.82) is 0 Å². The number of fused-ring (bicyclic) bond motifs is 8. The van der Waals surface area contributed by atoms with Crippen LogP contribution >= 0.6 is 0 Å². The predicted molar refractivity (Wildman–Crippen MR) is 115 cm³/mol. The topological polar surface area (TPSA) is 83.7 Å². The van der Waals surface area contributed by atoms with Crippen LogP contribution < -0.4 is 0 Å². The third-order valence-electron chi connectivity index (χ3n) is 4.70. The lowest BCUT2D eigenvalue weighted by molar-refractivity contribution is 0.0528.